The molecule has 0 aromatic rings. The highest BCUT2D eigenvalue weighted by Crippen LogP contribution is 2.18. The molecule has 1 rings (SSSR count). The van der Waals surface area contributed by atoms with E-state index < -0.39 is 0 Å². The van der Waals surface area contributed by atoms with Gasteiger partial charge in [0.25, 0.3) is 0 Å². The van der Waals surface area contributed by atoms with Gasteiger partial charge in [0.15, 0.2) is 0 Å². The summed E-state index contributed by atoms with van der Waals surface area (Å²) in [5, 5.41) is 6.06. The minimum absolute atomic E-state index is 0.0221. The minimum Gasteiger partial charge on any atom is -0.383 e. The zero-order chi connectivity index (χ0) is 12.7. The summed E-state index contributed by atoms with van der Waals surface area (Å²) < 4.78 is 10.5. The average Bonchev–Trinajstić information content (AvgIpc) is 2.25. The number of amides is 1. The maximum atomic E-state index is 11.5. The number of rotatable bonds is 6. The van der Waals surface area contributed by atoms with Gasteiger partial charge in [0.1, 0.15) is 0 Å². The van der Waals surface area contributed by atoms with Crippen LogP contribution in [0.15, 0.2) is 0 Å². The Morgan fingerprint density at radius 3 is 2.59 bits per heavy atom. The monoisotopic (exact) mass is 244 g/mol. The van der Waals surface area contributed by atoms with Crippen LogP contribution in [0.3, 0.4) is 0 Å². The lowest BCUT2D eigenvalue weighted by atomic mass is 10.00. The number of carbonyl (C=O) groups is 1. The van der Waals surface area contributed by atoms with Crippen LogP contribution in [0.2, 0.25) is 0 Å². The molecule has 1 heterocycles. The second-order valence-electron chi connectivity index (χ2n) is 4.65. The minimum atomic E-state index is 0.0221. The maximum Gasteiger partial charge on any atom is 0.234 e. The highest BCUT2D eigenvalue weighted by molar-refractivity contribution is 5.77. The van der Waals surface area contributed by atoms with Gasteiger partial charge in [-0.3, -0.25) is 4.79 Å². The second-order valence-corrected chi connectivity index (χ2v) is 4.65. The molecule has 100 valence electrons. The van der Waals surface area contributed by atoms with E-state index in [2.05, 4.69) is 24.5 Å². The second kappa shape index (κ2) is 7.63. The highest BCUT2D eigenvalue weighted by atomic mass is 16.5. The van der Waals surface area contributed by atoms with Gasteiger partial charge < -0.3 is 20.1 Å². The fourth-order valence-electron chi connectivity index (χ4n) is 2.16. The number of methoxy groups -OCH3 is 1. The highest BCUT2D eigenvalue weighted by Gasteiger charge is 2.24. The summed E-state index contributed by atoms with van der Waals surface area (Å²) in [4.78, 5) is 11.5. The van der Waals surface area contributed by atoms with Crippen molar-refractivity contribution in [2.75, 3.05) is 26.8 Å². The van der Waals surface area contributed by atoms with Crippen LogP contribution >= 0.6 is 0 Å². The van der Waals surface area contributed by atoms with Gasteiger partial charge in [0.05, 0.1) is 25.4 Å². The van der Waals surface area contributed by atoms with Crippen LogP contribution < -0.4 is 10.6 Å². The van der Waals surface area contributed by atoms with E-state index in [1.807, 2.05) is 0 Å². The molecular formula is C12H24N2O3. The number of hydrogen-bond acceptors (Lipinski definition) is 4. The van der Waals surface area contributed by atoms with Crippen molar-refractivity contribution in [3.8, 4) is 0 Å². The van der Waals surface area contributed by atoms with E-state index in [4.69, 9.17) is 9.47 Å². The number of ether oxygens (including phenoxy) is 2. The first kappa shape index (κ1) is 14.4. The summed E-state index contributed by atoms with van der Waals surface area (Å²) in [6.07, 6.45) is 2.48. The lowest BCUT2D eigenvalue weighted by Gasteiger charge is -2.32. The third kappa shape index (κ3) is 6.00. The summed E-state index contributed by atoms with van der Waals surface area (Å²) in [6.45, 7) is 5.63. The van der Waals surface area contributed by atoms with E-state index in [9.17, 15) is 4.79 Å². The molecule has 5 heteroatoms. The van der Waals surface area contributed by atoms with Gasteiger partial charge in [-0.25, -0.2) is 0 Å². The van der Waals surface area contributed by atoms with Crippen LogP contribution in [0, 0.1) is 0 Å². The van der Waals surface area contributed by atoms with E-state index in [0.717, 1.165) is 12.8 Å². The molecule has 0 aliphatic carbocycles. The Balaban J connectivity index is 2.14. The van der Waals surface area contributed by atoms with Crippen molar-refractivity contribution in [2.24, 2.45) is 0 Å². The molecule has 1 aliphatic heterocycles. The molecule has 0 saturated carbocycles. The van der Waals surface area contributed by atoms with Crippen LogP contribution in [0.5, 0.6) is 0 Å². The first-order valence-corrected chi connectivity index (χ1v) is 6.26. The van der Waals surface area contributed by atoms with Gasteiger partial charge in [-0.05, 0) is 26.7 Å². The summed E-state index contributed by atoms with van der Waals surface area (Å²) in [7, 11) is 1.62. The van der Waals surface area contributed by atoms with Crippen molar-refractivity contribution in [3.63, 3.8) is 0 Å². The summed E-state index contributed by atoms with van der Waals surface area (Å²) in [6, 6.07) is 0.377. The van der Waals surface area contributed by atoms with Gasteiger partial charge in [-0.2, -0.15) is 0 Å². The third-order valence-corrected chi connectivity index (χ3v) is 2.88. The van der Waals surface area contributed by atoms with Gasteiger partial charge in [0, 0.05) is 19.7 Å². The fourth-order valence-corrected chi connectivity index (χ4v) is 2.16. The average molecular weight is 244 g/mol. The molecule has 0 aromatic carbocycles. The van der Waals surface area contributed by atoms with Crippen molar-refractivity contribution >= 4 is 5.91 Å². The Hall–Kier alpha value is -0.650. The molecule has 1 saturated heterocycles. The predicted molar refractivity (Wildman–Crippen MR) is 65.9 cm³/mol. The molecule has 5 nitrogen and oxygen atoms in total. The van der Waals surface area contributed by atoms with Crippen LogP contribution in [0.1, 0.15) is 26.7 Å². The van der Waals surface area contributed by atoms with Crippen LogP contribution in [0.4, 0.5) is 0 Å². The molecule has 0 aromatic heterocycles. The van der Waals surface area contributed by atoms with Crippen molar-refractivity contribution < 1.29 is 14.3 Å². The van der Waals surface area contributed by atoms with Gasteiger partial charge in [-0.1, -0.05) is 0 Å². The molecule has 2 atom stereocenters. The van der Waals surface area contributed by atoms with E-state index >= 15 is 0 Å². The zero-order valence-corrected chi connectivity index (χ0v) is 11.0. The summed E-state index contributed by atoms with van der Waals surface area (Å²) >= 11 is 0. The van der Waals surface area contributed by atoms with Gasteiger partial charge >= 0.3 is 0 Å². The van der Waals surface area contributed by atoms with Crippen molar-refractivity contribution in [2.45, 2.75) is 44.9 Å². The first-order valence-electron chi connectivity index (χ1n) is 6.26. The smallest absolute Gasteiger partial charge is 0.234 e. The lowest BCUT2D eigenvalue weighted by molar-refractivity contribution is -0.121. The van der Waals surface area contributed by atoms with E-state index in [-0.39, 0.29) is 18.1 Å². The summed E-state index contributed by atoms with van der Waals surface area (Å²) in [5.41, 5.74) is 0. The quantitative estimate of drug-likeness (QED) is 0.660. The fraction of sp³-hybridized carbons (Fsp3) is 0.917. The van der Waals surface area contributed by atoms with Crippen molar-refractivity contribution in [1.82, 2.24) is 10.6 Å². The van der Waals surface area contributed by atoms with E-state index in [1.165, 1.54) is 0 Å². The third-order valence-electron chi connectivity index (χ3n) is 2.88. The first-order chi connectivity index (χ1) is 8.11. The Morgan fingerprint density at radius 1 is 1.35 bits per heavy atom. The molecule has 17 heavy (non-hydrogen) atoms. The molecule has 0 spiro atoms. The maximum absolute atomic E-state index is 11.5. The molecule has 1 aliphatic rings. The van der Waals surface area contributed by atoms with E-state index in [0.29, 0.717) is 25.7 Å². The molecule has 1 fully saturated rings. The number of carbonyl (C=O) groups excluding carboxylic acids is 1. The van der Waals surface area contributed by atoms with Crippen molar-refractivity contribution in [1.29, 1.82) is 0 Å². The SMILES string of the molecule is COCCNC(=O)CNC1CC(C)OC(C)C1. The number of nitrogens with one attached hydrogen (secondary N) is 2. The molecular weight excluding hydrogens is 220 g/mol. The summed E-state index contributed by atoms with van der Waals surface area (Å²) in [5.74, 6) is 0.0221. The Morgan fingerprint density at radius 2 is 2.00 bits per heavy atom. The molecule has 0 bridgehead atoms. The molecule has 1 amide bonds. The van der Waals surface area contributed by atoms with Crippen LogP contribution in [-0.4, -0.2) is 51.0 Å². The largest absolute Gasteiger partial charge is 0.383 e. The molecule has 2 N–H and O–H groups in total. The standard InChI is InChI=1S/C12H24N2O3/c1-9-6-11(7-10(2)17-9)14-8-12(15)13-4-5-16-3/h9-11,14H,4-8H2,1-3H3,(H,13,15). The Labute approximate surface area is 103 Å². The predicted octanol–water partition coefficient (Wildman–Crippen LogP) is 0.295. The molecule has 0 radical (unpaired) electrons. The van der Waals surface area contributed by atoms with Gasteiger partial charge in [0.2, 0.25) is 5.91 Å². The van der Waals surface area contributed by atoms with Gasteiger partial charge in [-0.15, -0.1) is 0 Å². The zero-order valence-electron chi connectivity index (χ0n) is 11.0. The Kier molecular flexibility index (Phi) is 6.47. The molecule has 2 unspecified atom stereocenters. The van der Waals surface area contributed by atoms with Crippen LogP contribution in [-0.2, 0) is 14.3 Å². The topological polar surface area (TPSA) is 59.6 Å². The van der Waals surface area contributed by atoms with Crippen LogP contribution in [0.25, 0.3) is 0 Å². The van der Waals surface area contributed by atoms with E-state index in [1.54, 1.807) is 7.11 Å². The normalized spacial score (nSPS) is 29.0. The Bertz CT molecular complexity index is 226. The lowest BCUT2D eigenvalue weighted by Crippen LogP contribution is -2.45. The number of hydrogen-bond donors (Lipinski definition) is 2. The van der Waals surface area contributed by atoms with Crippen molar-refractivity contribution in [3.05, 3.63) is 0 Å².